The van der Waals surface area contributed by atoms with Crippen LogP contribution in [0.5, 0.6) is 5.75 Å². The summed E-state index contributed by atoms with van der Waals surface area (Å²) in [5.41, 5.74) is 0.635. The second-order valence-corrected chi connectivity index (χ2v) is 9.59. The molecule has 0 aliphatic carbocycles. The number of carbonyl (C=O) groups is 1. The third kappa shape index (κ3) is 4.80. The monoisotopic (exact) mass is 514 g/mol. The largest absolute Gasteiger partial charge is 0.452 e. The highest BCUT2D eigenvalue weighted by Crippen LogP contribution is 2.39. The third-order valence-electron chi connectivity index (χ3n) is 4.45. The van der Waals surface area contributed by atoms with Gasteiger partial charge in [0.15, 0.2) is 11.3 Å². The summed E-state index contributed by atoms with van der Waals surface area (Å²) < 4.78 is 58.1. The number of amides is 1. The van der Waals surface area contributed by atoms with Gasteiger partial charge >= 0.3 is 6.61 Å². The maximum absolute atomic E-state index is 13.2. The molecule has 1 atom stereocenters. The Hall–Kier alpha value is -3.15. The zero-order valence-electron chi connectivity index (χ0n) is 16.6. The molecule has 0 aliphatic heterocycles. The molecule has 2 aromatic carbocycles. The summed E-state index contributed by atoms with van der Waals surface area (Å²) in [5.74, 6) is -0.929. The minimum Gasteiger partial charge on any atom is -0.452 e. The zero-order valence-corrected chi connectivity index (χ0v) is 18.9. The Morgan fingerprint density at radius 2 is 1.91 bits per heavy atom. The third-order valence-corrected chi connectivity index (χ3v) is 5.65. The number of furan rings is 1. The Bertz CT molecular complexity index is 1490. The molecule has 3 N–H and O–H groups in total. The average molecular weight is 515 g/mol. The predicted molar refractivity (Wildman–Crippen MR) is 123 cm³/mol. The first-order chi connectivity index (χ1) is 15.5. The van der Waals surface area contributed by atoms with E-state index in [4.69, 9.17) is 32.4 Å². The number of hydrogen-bond acceptors (Lipinski definition) is 6. The van der Waals surface area contributed by atoms with Crippen LogP contribution in [0.25, 0.3) is 21.9 Å². The molecule has 0 fully saturated rings. The molecule has 0 spiro atoms. The fourth-order valence-electron chi connectivity index (χ4n) is 3.23. The lowest BCUT2D eigenvalue weighted by molar-refractivity contribution is -0.0493. The van der Waals surface area contributed by atoms with E-state index < -0.39 is 22.4 Å². The predicted octanol–water partition coefficient (Wildman–Crippen LogP) is 6.14. The van der Waals surface area contributed by atoms with Crippen LogP contribution in [0.15, 0.2) is 47.1 Å². The van der Waals surface area contributed by atoms with E-state index in [-0.39, 0.29) is 43.6 Å². The maximum atomic E-state index is 13.2. The van der Waals surface area contributed by atoms with Gasteiger partial charge in [0.25, 0.3) is 5.91 Å². The van der Waals surface area contributed by atoms with E-state index >= 15 is 0 Å². The van der Waals surface area contributed by atoms with Gasteiger partial charge in [0.1, 0.15) is 15.5 Å². The van der Waals surface area contributed by atoms with Crippen molar-refractivity contribution in [2.75, 3.05) is 16.3 Å². The minimum atomic E-state index is -3.12. The summed E-state index contributed by atoms with van der Waals surface area (Å²) in [4.78, 5) is 17.0. The molecule has 8 nitrogen and oxygen atoms in total. The Kier molecular flexibility index (Phi) is 6.04. The highest BCUT2D eigenvalue weighted by molar-refractivity contribution is 7.93. The highest BCUT2D eigenvalue weighted by atomic mass is 35.5. The summed E-state index contributed by atoms with van der Waals surface area (Å²) in [6, 6.07) is 6.97. The zero-order chi connectivity index (χ0) is 23.9. The van der Waals surface area contributed by atoms with Crippen LogP contribution in [0.3, 0.4) is 0 Å². The van der Waals surface area contributed by atoms with Gasteiger partial charge in [-0.1, -0.05) is 23.2 Å². The summed E-state index contributed by atoms with van der Waals surface area (Å²) in [6.07, 6.45) is 3.79. The van der Waals surface area contributed by atoms with Crippen molar-refractivity contribution >= 4 is 72.3 Å². The van der Waals surface area contributed by atoms with Gasteiger partial charge in [-0.3, -0.25) is 14.5 Å². The van der Waals surface area contributed by atoms with Crippen LogP contribution in [-0.2, 0) is 9.92 Å². The molecule has 4 aromatic rings. The number of aromatic nitrogens is 1. The molecular formula is C20H14Cl2F2N4O4S. The molecule has 0 bridgehead atoms. The number of carbonyl (C=O) groups excluding carboxylic acids is 1. The standard InChI is InChI=1S/C20H14Cl2F2N4O4S/c1-33(25,30)28-9-2-4-14-11(6-9)16-10(3-5-15(18(16)31-14)32-20(23)24)19(29)27-17-12(21)7-26-8-13(17)22/h2-8,20H,1H3,(H2,25,28,30)(H,26,27,29). The fraction of sp³-hybridized carbons (Fsp3) is 0.100. The van der Waals surface area contributed by atoms with Gasteiger partial charge in [0.2, 0.25) is 0 Å². The van der Waals surface area contributed by atoms with Crippen molar-refractivity contribution in [3.8, 4) is 5.75 Å². The topological polar surface area (TPSA) is 117 Å². The van der Waals surface area contributed by atoms with Crippen LogP contribution in [0, 0.1) is 4.78 Å². The van der Waals surface area contributed by atoms with Crippen LogP contribution in [0.2, 0.25) is 10.0 Å². The number of pyridine rings is 1. The second kappa shape index (κ2) is 8.65. The normalized spacial score (nSPS) is 13.3. The van der Waals surface area contributed by atoms with Crippen molar-refractivity contribution in [1.29, 1.82) is 4.78 Å². The van der Waals surface area contributed by atoms with Gasteiger partial charge in [-0.05, 0) is 30.3 Å². The summed E-state index contributed by atoms with van der Waals surface area (Å²) in [7, 11) is -3.10. The molecule has 33 heavy (non-hydrogen) atoms. The van der Waals surface area contributed by atoms with Crippen molar-refractivity contribution < 1.29 is 26.9 Å². The molecule has 4 rings (SSSR count). The molecule has 2 heterocycles. The summed E-state index contributed by atoms with van der Waals surface area (Å²) in [6.45, 7) is -3.12. The van der Waals surface area contributed by atoms with Gasteiger partial charge in [0.05, 0.1) is 21.3 Å². The van der Waals surface area contributed by atoms with E-state index in [1.807, 2.05) is 0 Å². The lowest BCUT2D eigenvalue weighted by atomic mass is 10.0. The van der Waals surface area contributed by atoms with Crippen LogP contribution >= 0.6 is 23.2 Å². The molecule has 2 aromatic heterocycles. The van der Waals surface area contributed by atoms with Gasteiger partial charge < -0.3 is 14.5 Å². The minimum absolute atomic E-state index is 0.0505. The van der Waals surface area contributed by atoms with E-state index in [2.05, 4.69) is 19.8 Å². The van der Waals surface area contributed by atoms with E-state index in [0.29, 0.717) is 11.1 Å². The van der Waals surface area contributed by atoms with Crippen molar-refractivity contribution in [2.24, 2.45) is 0 Å². The van der Waals surface area contributed by atoms with Crippen molar-refractivity contribution in [1.82, 2.24) is 4.98 Å². The van der Waals surface area contributed by atoms with Gasteiger partial charge in [-0.2, -0.15) is 8.78 Å². The van der Waals surface area contributed by atoms with Crippen molar-refractivity contribution in [3.05, 3.63) is 58.3 Å². The Labute approximate surface area is 195 Å². The first kappa shape index (κ1) is 23.0. The second-order valence-electron chi connectivity index (χ2n) is 6.88. The fourth-order valence-corrected chi connectivity index (χ4v) is 4.27. The lowest BCUT2D eigenvalue weighted by Crippen LogP contribution is -2.13. The van der Waals surface area contributed by atoms with E-state index in [9.17, 15) is 17.8 Å². The quantitative estimate of drug-likeness (QED) is 0.285. The highest BCUT2D eigenvalue weighted by Gasteiger charge is 2.23. The number of nitrogens with one attached hydrogen (secondary N) is 3. The van der Waals surface area contributed by atoms with Crippen LogP contribution in [-0.4, -0.2) is 28.0 Å². The van der Waals surface area contributed by atoms with Gasteiger partial charge in [-0.25, -0.2) is 8.99 Å². The van der Waals surface area contributed by atoms with E-state index in [0.717, 1.165) is 0 Å². The number of benzene rings is 2. The number of nitrogens with zero attached hydrogens (tertiary/aromatic N) is 1. The molecule has 0 aliphatic rings. The number of anilines is 2. The van der Waals surface area contributed by atoms with Crippen LogP contribution < -0.4 is 14.8 Å². The SMILES string of the molecule is CS(=N)(=O)Nc1ccc2oc3c(OC(F)F)ccc(C(=O)Nc4c(Cl)cncc4Cl)c3c2c1. The lowest BCUT2D eigenvalue weighted by Gasteiger charge is -2.11. The molecule has 1 unspecified atom stereocenters. The summed E-state index contributed by atoms with van der Waals surface area (Å²) in [5, 5.41) is 3.29. The average Bonchev–Trinajstić information content (AvgIpc) is 3.09. The van der Waals surface area contributed by atoms with Crippen molar-refractivity contribution in [3.63, 3.8) is 0 Å². The molecule has 13 heteroatoms. The number of fused-ring (bicyclic) bond motifs is 3. The molecule has 0 radical (unpaired) electrons. The number of alkyl halides is 2. The van der Waals surface area contributed by atoms with Gasteiger partial charge in [0, 0.05) is 35.1 Å². The Morgan fingerprint density at radius 3 is 2.55 bits per heavy atom. The molecule has 172 valence electrons. The molecule has 0 saturated heterocycles. The number of hydrogen-bond donors (Lipinski definition) is 3. The number of halogens is 4. The number of rotatable bonds is 6. The van der Waals surface area contributed by atoms with Crippen LogP contribution in [0.1, 0.15) is 10.4 Å². The smallest absolute Gasteiger partial charge is 0.387 e. The summed E-state index contributed by atoms with van der Waals surface area (Å²) >= 11 is 12.2. The number of ether oxygens (including phenoxy) is 1. The molecule has 0 saturated carbocycles. The first-order valence-electron chi connectivity index (χ1n) is 9.09. The maximum Gasteiger partial charge on any atom is 0.387 e. The molecular weight excluding hydrogens is 501 g/mol. The van der Waals surface area contributed by atoms with E-state index in [1.54, 1.807) is 0 Å². The molecule has 1 amide bonds. The van der Waals surface area contributed by atoms with Crippen LogP contribution in [0.4, 0.5) is 20.2 Å². The Balaban J connectivity index is 1.92. The first-order valence-corrected chi connectivity index (χ1v) is 11.8. The Morgan fingerprint density at radius 1 is 1.21 bits per heavy atom. The van der Waals surface area contributed by atoms with E-state index in [1.165, 1.54) is 49.0 Å². The van der Waals surface area contributed by atoms with Crippen molar-refractivity contribution in [2.45, 2.75) is 6.61 Å². The van der Waals surface area contributed by atoms with Gasteiger partial charge in [-0.15, -0.1) is 0 Å².